The zero-order valence-corrected chi connectivity index (χ0v) is 13.3. The van der Waals surface area contributed by atoms with E-state index in [1.165, 1.54) is 48.5 Å². The summed E-state index contributed by atoms with van der Waals surface area (Å²) in [5, 5.41) is 0. The van der Waals surface area contributed by atoms with E-state index in [9.17, 15) is 35.5 Å². The third kappa shape index (κ3) is 2.63. The van der Waals surface area contributed by atoms with Gasteiger partial charge in [-0.2, -0.15) is 30.7 Å². The smallest absolute Gasteiger partial charge is 0.273 e. The maximum atomic E-state index is 14.0. The van der Waals surface area contributed by atoms with Crippen LogP contribution in [-0.4, -0.2) is 23.9 Å². The summed E-state index contributed by atoms with van der Waals surface area (Å²) >= 11 is 1.08. The maximum Gasteiger partial charge on any atom is 0.460 e. The van der Waals surface area contributed by atoms with Gasteiger partial charge < -0.3 is 0 Å². The van der Waals surface area contributed by atoms with E-state index in [0.29, 0.717) is 0 Å². The molecule has 0 saturated carbocycles. The summed E-state index contributed by atoms with van der Waals surface area (Å²) in [7, 11) is 0. The Morgan fingerprint density at radius 3 is 1.62 bits per heavy atom. The molecule has 2 aromatic rings. The first-order chi connectivity index (χ1) is 12.0. The van der Waals surface area contributed by atoms with Crippen molar-refractivity contribution in [1.29, 1.82) is 0 Å². The van der Waals surface area contributed by atoms with Crippen LogP contribution in [0, 0.1) is 0 Å². The van der Waals surface area contributed by atoms with E-state index in [0.717, 1.165) is 11.8 Å². The lowest BCUT2D eigenvalue weighted by Crippen LogP contribution is -2.59. The quantitative estimate of drug-likeness (QED) is 0.613. The molecular formula is C16H8F7NOS. The number of hydrogen-bond donors (Lipinski definition) is 0. The van der Waals surface area contributed by atoms with Gasteiger partial charge >= 0.3 is 23.9 Å². The predicted octanol–water partition coefficient (Wildman–Crippen LogP) is 5.65. The van der Waals surface area contributed by atoms with E-state index in [2.05, 4.69) is 0 Å². The molecule has 1 aliphatic heterocycles. The van der Waals surface area contributed by atoms with E-state index >= 15 is 0 Å². The molecule has 1 amide bonds. The molecule has 0 radical (unpaired) electrons. The Morgan fingerprint density at radius 2 is 1.19 bits per heavy atom. The molecule has 1 heterocycles. The molecule has 10 heteroatoms. The van der Waals surface area contributed by atoms with Crippen molar-refractivity contribution in [3.05, 3.63) is 48.5 Å². The van der Waals surface area contributed by atoms with Crippen LogP contribution in [0.15, 0.2) is 58.3 Å². The third-order valence-electron chi connectivity index (χ3n) is 3.65. The van der Waals surface area contributed by atoms with Crippen LogP contribution in [0.1, 0.15) is 0 Å². The van der Waals surface area contributed by atoms with E-state index < -0.39 is 23.9 Å². The highest BCUT2D eigenvalue weighted by molar-refractivity contribution is 7.99. The molecule has 1 aliphatic rings. The summed E-state index contributed by atoms with van der Waals surface area (Å²) in [6.07, 6.45) is -6.59. The molecule has 0 atom stereocenters. The molecule has 0 aromatic heterocycles. The molecule has 0 bridgehead atoms. The molecule has 2 nitrogen and oxygen atoms in total. The molecule has 0 aliphatic carbocycles. The normalized spacial score (nSPS) is 14.7. The molecule has 2 aromatic carbocycles. The number of carbonyl (C=O) groups excluding carboxylic acids is 1. The number of anilines is 2. The first kappa shape index (κ1) is 18.6. The monoisotopic (exact) mass is 395 g/mol. The highest BCUT2D eigenvalue weighted by atomic mass is 32.2. The van der Waals surface area contributed by atoms with Gasteiger partial charge in [0.15, 0.2) is 0 Å². The second-order valence-electron chi connectivity index (χ2n) is 5.32. The van der Waals surface area contributed by atoms with Crippen LogP contribution in [0.2, 0.25) is 0 Å². The fourth-order valence-corrected chi connectivity index (χ4v) is 3.43. The number of para-hydroxylation sites is 2. The standard InChI is InChI=1S/C16H8F7NOS/c17-14(18,15(19,20)16(21,22)23)13(25)24-9-5-1-3-7-11(9)26-12-8-4-2-6-10(12)24/h1-8H. The SMILES string of the molecule is O=C(N1c2ccccc2Sc2ccccc21)C(F)(F)C(F)(F)C(F)(F)F. The van der Waals surface area contributed by atoms with Gasteiger partial charge in [0.05, 0.1) is 11.4 Å². The highest BCUT2D eigenvalue weighted by Gasteiger charge is 2.77. The minimum absolute atomic E-state index is 0.196. The number of carbonyl (C=O) groups is 1. The lowest BCUT2D eigenvalue weighted by Gasteiger charge is -2.35. The number of rotatable bonds is 2. The first-order valence-corrected chi connectivity index (χ1v) is 7.83. The zero-order valence-electron chi connectivity index (χ0n) is 12.5. The average Bonchev–Trinajstić information content (AvgIpc) is 2.57. The molecule has 26 heavy (non-hydrogen) atoms. The van der Waals surface area contributed by atoms with E-state index in [4.69, 9.17) is 0 Å². The highest BCUT2D eigenvalue weighted by Crippen LogP contribution is 2.52. The molecule has 3 rings (SSSR count). The van der Waals surface area contributed by atoms with Crippen molar-refractivity contribution >= 4 is 29.0 Å². The Balaban J connectivity index is 2.16. The molecule has 138 valence electrons. The van der Waals surface area contributed by atoms with Crippen molar-refractivity contribution in [1.82, 2.24) is 0 Å². The maximum absolute atomic E-state index is 14.0. The van der Waals surface area contributed by atoms with Crippen LogP contribution < -0.4 is 4.90 Å². The molecule has 0 spiro atoms. The first-order valence-electron chi connectivity index (χ1n) is 7.01. The van der Waals surface area contributed by atoms with E-state index in [-0.39, 0.29) is 26.1 Å². The van der Waals surface area contributed by atoms with Gasteiger partial charge in [-0.25, -0.2) is 0 Å². The molecule has 0 unspecified atom stereocenters. The van der Waals surface area contributed by atoms with Gasteiger partial charge in [0.25, 0.3) is 0 Å². The van der Waals surface area contributed by atoms with Gasteiger partial charge in [0.2, 0.25) is 0 Å². The van der Waals surface area contributed by atoms with Crippen LogP contribution in [0.3, 0.4) is 0 Å². The number of benzene rings is 2. The van der Waals surface area contributed by atoms with Crippen molar-refractivity contribution in [2.24, 2.45) is 0 Å². The van der Waals surface area contributed by atoms with Gasteiger partial charge in [-0.3, -0.25) is 9.69 Å². The molecular weight excluding hydrogens is 387 g/mol. The second kappa shape index (κ2) is 5.90. The van der Waals surface area contributed by atoms with Gasteiger partial charge in [-0.15, -0.1) is 0 Å². The van der Waals surface area contributed by atoms with E-state index in [1.54, 1.807) is 0 Å². The Hall–Kier alpha value is -2.23. The summed E-state index contributed by atoms with van der Waals surface area (Å²) in [6, 6.07) is 11.0. The summed E-state index contributed by atoms with van der Waals surface area (Å²) in [5.41, 5.74) is -0.391. The van der Waals surface area contributed by atoms with Gasteiger partial charge in [0, 0.05) is 9.79 Å². The lowest BCUT2D eigenvalue weighted by atomic mass is 10.1. The minimum Gasteiger partial charge on any atom is -0.273 e. The minimum atomic E-state index is -6.59. The van der Waals surface area contributed by atoms with Gasteiger partial charge in [0.1, 0.15) is 0 Å². The average molecular weight is 395 g/mol. The number of amides is 1. The number of halogens is 7. The Morgan fingerprint density at radius 1 is 0.769 bits per heavy atom. The topological polar surface area (TPSA) is 20.3 Å². The van der Waals surface area contributed by atoms with Crippen LogP contribution in [0.5, 0.6) is 0 Å². The van der Waals surface area contributed by atoms with Gasteiger partial charge in [-0.05, 0) is 24.3 Å². The summed E-state index contributed by atoms with van der Waals surface area (Å²) < 4.78 is 92.0. The van der Waals surface area contributed by atoms with Crippen molar-refractivity contribution < 1.29 is 35.5 Å². The molecule has 0 fully saturated rings. The fourth-order valence-electron chi connectivity index (χ4n) is 2.38. The molecule has 0 saturated heterocycles. The number of hydrogen-bond acceptors (Lipinski definition) is 2. The van der Waals surface area contributed by atoms with Crippen molar-refractivity contribution in [2.45, 2.75) is 27.8 Å². The summed E-state index contributed by atoms with van der Waals surface area (Å²) in [5.74, 6) is -15.2. The number of alkyl halides is 7. The number of nitrogens with zero attached hydrogens (tertiary/aromatic N) is 1. The fraction of sp³-hybridized carbons (Fsp3) is 0.188. The Kier molecular flexibility index (Phi) is 4.21. The van der Waals surface area contributed by atoms with Crippen LogP contribution in [-0.2, 0) is 4.79 Å². The summed E-state index contributed by atoms with van der Waals surface area (Å²) in [6.45, 7) is 0. The van der Waals surface area contributed by atoms with Gasteiger partial charge in [-0.1, -0.05) is 36.0 Å². The zero-order chi connectivity index (χ0) is 19.3. The third-order valence-corrected chi connectivity index (χ3v) is 4.78. The largest absolute Gasteiger partial charge is 0.460 e. The van der Waals surface area contributed by atoms with Crippen LogP contribution in [0.4, 0.5) is 42.1 Å². The van der Waals surface area contributed by atoms with E-state index in [1.807, 2.05) is 0 Å². The number of fused-ring (bicyclic) bond motifs is 2. The Bertz CT molecular complexity index is 820. The van der Waals surface area contributed by atoms with Crippen LogP contribution >= 0.6 is 11.8 Å². The van der Waals surface area contributed by atoms with Crippen molar-refractivity contribution in [2.75, 3.05) is 4.90 Å². The second-order valence-corrected chi connectivity index (χ2v) is 6.41. The lowest BCUT2D eigenvalue weighted by molar-refractivity contribution is -0.343. The van der Waals surface area contributed by atoms with Crippen LogP contribution in [0.25, 0.3) is 0 Å². The Labute approximate surface area is 146 Å². The van der Waals surface area contributed by atoms with Crippen molar-refractivity contribution in [3.8, 4) is 0 Å². The predicted molar refractivity (Wildman–Crippen MR) is 80.1 cm³/mol. The molecule has 0 N–H and O–H groups in total. The summed E-state index contributed by atoms with van der Waals surface area (Å²) in [4.78, 5) is 13.0. The van der Waals surface area contributed by atoms with Crippen molar-refractivity contribution in [3.63, 3.8) is 0 Å².